The van der Waals surface area contributed by atoms with Crippen molar-refractivity contribution in [3.63, 3.8) is 0 Å². The molecule has 1 aromatic carbocycles. The van der Waals surface area contributed by atoms with Crippen molar-refractivity contribution in [3.8, 4) is 0 Å². The molecule has 1 aromatic rings. The molecule has 0 aliphatic rings. The quantitative estimate of drug-likeness (QED) is 0.809. The SMILES string of the molecule is Cc1ccccc1C(N)CCN(CCO)CC(F)(F)F. The molecule has 20 heavy (non-hydrogen) atoms. The summed E-state index contributed by atoms with van der Waals surface area (Å²) < 4.78 is 37.2. The Kier molecular flexibility index (Phi) is 6.45. The Bertz CT molecular complexity index is 410. The molecule has 1 atom stereocenters. The van der Waals surface area contributed by atoms with E-state index in [9.17, 15) is 13.2 Å². The smallest absolute Gasteiger partial charge is 0.395 e. The first-order chi connectivity index (χ1) is 9.33. The number of aliphatic hydroxyl groups is 1. The molecule has 0 fully saturated rings. The highest BCUT2D eigenvalue weighted by molar-refractivity contribution is 5.28. The van der Waals surface area contributed by atoms with E-state index in [1.54, 1.807) is 0 Å². The number of nitrogens with zero attached hydrogens (tertiary/aromatic N) is 1. The molecule has 3 nitrogen and oxygen atoms in total. The summed E-state index contributed by atoms with van der Waals surface area (Å²) in [5, 5.41) is 8.82. The molecule has 0 aliphatic heterocycles. The van der Waals surface area contributed by atoms with E-state index in [1.165, 1.54) is 4.90 Å². The minimum atomic E-state index is -4.26. The summed E-state index contributed by atoms with van der Waals surface area (Å²) in [6.07, 6.45) is -3.84. The predicted octanol–water partition coefficient (Wildman–Crippen LogP) is 2.24. The van der Waals surface area contributed by atoms with Gasteiger partial charge in [0.05, 0.1) is 13.2 Å². The minimum Gasteiger partial charge on any atom is -0.395 e. The zero-order chi connectivity index (χ0) is 15.2. The first-order valence-corrected chi connectivity index (χ1v) is 6.54. The van der Waals surface area contributed by atoms with Gasteiger partial charge < -0.3 is 10.8 Å². The largest absolute Gasteiger partial charge is 0.401 e. The van der Waals surface area contributed by atoms with E-state index in [0.29, 0.717) is 6.42 Å². The van der Waals surface area contributed by atoms with Crippen LogP contribution >= 0.6 is 0 Å². The number of hydrogen-bond acceptors (Lipinski definition) is 3. The Labute approximate surface area is 117 Å². The fourth-order valence-electron chi connectivity index (χ4n) is 2.14. The van der Waals surface area contributed by atoms with Gasteiger partial charge >= 0.3 is 6.18 Å². The molecular weight excluding hydrogens is 269 g/mol. The zero-order valence-corrected chi connectivity index (χ0v) is 11.5. The summed E-state index contributed by atoms with van der Waals surface area (Å²) in [5.41, 5.74) is 8.01. The van der Waals surface area contributed by atoms with Crippen molar-refractivity contribution >= 4 is 0 Å². The van der Waals surface area contributed by atoms with Gasteiger partial charge in [0.15, 0.2) is 0 Å². The van der Waals surface area contributed by atoms with Crippen molar-refractivity contribution in [2.24, 2.45) is 5.73 Å². The highest BCUT2D eigenvalue weighted by Crippen LogP contribution is 2.20. The average Bonchev–Trinajstić information content (AvgIpc) is 2.34. The van der Waals surface area contributed by atoms with Crippen LogP contribution in [0.25, 0.3) is 0 Å². The van der Waals surface area contributed by atoms with Gasteiger partial charge in [0.25, 0.3) is 0 Å². The maximum atomic E-state index is 12.4. The van der Waals surface area contributed by atoms with Crippen LogP contribution in [0.2, 0.25) is 0 Å². The number of halogens is 3. The van der Waals surface area contributed by atoms with Gasteiger partial charge in [0.2, 0.25) is 0 Å². The maximum absolute atomic E-state index is 12.4. The molecular formula is C14H21F3N2O. The molecule has 1 rings (SSSR count). The van der Waals surface area contributed by atoms with Crippen LogP contribution in [0.15, 0.2) is 24.3 Å². The van der Waals surface area contributed by atoms with Crippen molar-refractivity contribution in [2.45, 2.75) is 25.6 Å². The molecule has 0 amide bonds. The molecule has 0 aliphatic carbocycles. The second kappa shape index (κ2) is 7.61. The fraction of sp³-hybridized carbons (Fsp3) is 0.571. The fourth-order valence-corrected chi connectivity index (χ4v) is 2.14. The Morgan fingerprint density at radius 1 is 1.25 bits per heavy atom. The van der Waals surface area contributed by atoms with E-state index in [0.717, 1.165) is 11.1 Å². The zero-order valence-electron chi connectivity index (χ0n) is 11.5. The van der Waals surface area contributed by atoms with Crippen LogP contribution in [0.5, 0.6) is 0 Å². The monoisotopic (exact) mass is 290 g/mol. The molecule has 114 valence electrons. The standard InChI is InChI=1S/C14H21F3N2O/c1-11-4-2-3-5-12(11)13(18)6-7-19(8-9-20)10-14(15,16)17/h2-5,13,20H,6-10,18H2,1H3. The molecule has 0 saturated carbocycles. The Morgan fingerprint density at radius 2 is 1.90 bits per heavy atom. The van der Waals surface area contributed by atoms with Crippen LogP contribution < -0.4 is 5.73 Å². The predicted molar refractivity (Wildman–Crippen MR) is 72.3 cm³/mol. The van der Waals surface area contributed by atoms with Gasteiger partial charge in [0.1, 0.15) is 0 Å². The second-order valence-corrected chi connectivity index (χ2v) is 4.87. The molecule has 0 saturated heterocycles. The lowest BCUT2D eigenvalue weighted by Crippen LogP contribution is -2.37. The number of benzene rings is 1. The summed E-state index contributed by atoms with van der Waals surface area (Å²) >= 11 is 0. The summed E-state index contributed by atoms with van der Waals surface area (Å²) in [4.78, 5) is 1.18. The van der Waals surface area contributed by atoms with Crippen LogP contribution in [-0.4, -0.2) is 42.4 Å². The lowest BCUT2D eigenvalue weighted by molar-refractivity contribution is -0.146. The highest BCUT2D eigenvalue weighted by atomic mass is 19.4. The van der Waals surface area contributed by atoms with Crippen LogP contribution in [0, 0.1) is 6.92 Å². The van der Waals surface area contributed by atoms with Crippen molar-refractivity contribution in [2.75, 3.05) is 26.2 Å². The average molecular weight is 290 g/mol. The summed E-state index contributed by atoms with van der Waals surface area (Å²) in [5.74, 6) is 0. The van der Waals surface area contributed by atoms with Crippen LogP contribution in [-0.2, 0) is 0 Å². The third-order valence-electron chi connectivity index (χ3n) is 3.16. The molecule has 0 aromatic heterocycles. The molecule has 1 unspecified atom stereocenters. The summed E-state index contributed by atoms with van der Waals surface area (Å²) in [6, 6.07) is 7.28. The summed E-state index contributed by atoms with van der Waals surface area (Å²) in [7, 11) is 0. The third kappa shape index (κ3) is 5.90. The van der Waals surface area contributed by atoms with E-state index in [-0.39, 0.29) is 25.7 Å². The van der Waals surface area contributed by atoms with Crippen molar-refractivity contribution in [3.05, 3.63) is 35.4 Å². The molecule has 0 bridgehead atoms. The third-order valence-corrected chi connectivity index (χ3v) is 3.16. The van der Waals surface area contributed by atoms with Gasteiger partial charge in [-0.2, -0.15) is 13.2 Å². The number of rotatable bonds is 7. The highest BCUT2D eigenvalue weighted by Gasteiger charge is 2.30. The summed E-state index contributed by atoms with van der Waals surface area (Å²) in [6.45, 7) is 0.815. The number of aryl methyl sites for hydroxylation is 1. The van der Waals surface area contributed by atoms with Crippen LogP contribution in [0.4, 0.5) is 13.2 Å². The van der Waals surface area contributed by atoms with E-state index in [4.69, 9.17) is 10.8 Å². The van der Waals surface area contributed by atoms with Gasteiger partial charge in [-0.15, -0.1) is 0 Å². The number of alkyl halides is 3. The molecule has 6 heteroatoms. The lowest BCUT2D eigenvalue weighted by Gasteiger charge is -2.24. The molecule has 0 spiro atoms. The maximum Gasteiger partial charge on any atom is 0.401 e. The second-order valence-electron chi connectivity index (χ2n) is 4.87. The first-order valence-electron chi connectivity index (χ1n) is 6.54. The van der Waals surface area contributed by atoms with Crippen molar-refractivity contribution < 1.29 is 18.3 Å². The van der Waals surface area contributed by atoms with E-state index in [2.05, 4.69) is 0 Å². The van der Waals surface area contributed by atoms with Crippen LogP contribution in [0.1, 0.15) is 23.6 Å². The van der Waals surface area contributed by atoms with E-state index >= 15 is 0 Å². The molecule has 0 heterocycles. The molecule has 3 N–H and O–H groups in total. The van der Waals surface area contributed by atoms with Gasteiger partial charge in [-0.1, -0.05) is 24.3 Å². The normalized spacial score (nSPS) is 13.8. The number of nitrogens with two attached hydrogens (primary N) is 1. The number of aliphatic hydroxyl groups excluding tert-OH is 1. The minimum absolute atomic E-state index is 0.00000181. The van der Waals surface area contributed by atoms with Gasteiger partial charge in [-0.3, -0.25) is 4.90 Å². The Hall–Kier alpha value is -1.11. The van der Waals surface area contributed by atoms with Gasteiger partial charge in [-0.25, -0.2) is 0 Å². The lowest BCUT2D eigenvalue weighted by atomic mass is 9.99. The van der Waals surface area contributed by atoms with E-state index < -0.39 is 12.7 Å². The Balaban J connectivity index is 2.56. The van der Waals surface area contributed by atoms with E-state index in [1.807, 2.05) is 31.2 Å². The van der Waals surface area contributed by atoms with Crippen molar-refractivity contribution in [1.29, 1.82) is 0 Å². The number of hydrogen-bond donors (Lipinski definition) is 2. The van der Waals surface area contributed by atoms with Gasteiger partial charge in [-0.05, 0) is 24.5 Å². The Morgan fingerprint density at radius 3 is 2.45 bits per heavy atom. The van der Waals surface area contributed by atoms with Gasteiger partial charge in [0, 0.05) is 19.1 Å². The van der Waals surface area contributed by atoms with Crippen LogP contribution in [0.3, 0.4) is 0 Å². The topological polar surface area (TPSA) is 49.5 Å². The van der Waals surface area contributed by atoms with Crippen molar-refractivity contribution in [1.82, 2.24) is 4.90 Å². The molecule has 0 radical (unpaired) electrons. The first kappa shape index (κ1) is 16.9.